The minimum atomic E-state index is -0.293. The maximum Gasteiger partial charge on any atom is 0.323 e. The van der Waals surface area contributed by atoms with Crippen LogP contribution < -0.4 is 0 Å². The molecule has 2 aliphatic heterocycles. The maximum absolute atomic E-state index is 11.7. The van der Waals surface area contributed by atoms with Crippen molar-refractivity contribution in [3.05, 3.63) is 0 Å². The molecular weight excluding hydrogens is 218 g/mol. The summed E-state index contributed by atoms with van der Waals surface area (Å²) in [6.07, 6.45) is 5.97. The van der Waals surface area contributed by atoms with Crippen molar-refractivity contribution in [3.63, 3.8) is 0 Å². The van der Waals surface area contributed by atoms with Gasteiger partial charge in [-0.25, -0.2) is 0 Å². The summed E-state index contributed by atoms with van der Waals surface area (Å²) in [6, 6.07) is 0.282. The first-order chi connectivity index (χ1) is 8.18. The Labute approximate surface area is 103 Å². The molecule has 2 aliphatic rings. The lowest BCUT2D eigenvalue weighted by Gasteiger charge is -2.33. The molecule has 0 aromatic carbocycles. The van der Waals surface area contributed by atoms with Gasteiger partial charge in [-0.1, -0.05) is 12.8 Å². The van der Waals surface area contributed by atoms with Crippen LogP contribution in [-0.4, -0.2) is 47.3 Å². The monoisotopic (exact) mass is 241 g/mol. The van der Waals surface area contributed by atoms with Gasteiger partial charge in [0, 0.05) is 12.5 Å². The molecule has 98 valence electrons. The van der Waals surface area contributed by atoms with E-state index in [9.17, 15) is 9.90 Å². The van der Waals surface area contributed by atoms with Crippen LogP contribution in [0.15, 0.2) is 0 Å². The summed E-state index contributed by atoms with van der Waals surface area (Å²) in [7, 11) is 0. The number of nitrogens with zero attached hydrogens (tertiary/aromatic N) is 1. The second-order valence-corrected chi connectivity index (χ2v) is 5.30. The Morgan fingerprint density at radius 1 is 1.41 bits per heavy atom. The third-order valence-corrected chi connectivity index (χ3v) is 3.84. The van der Waals surface area contributed by atoms with Crippen LogP contribution in [-0.2, 0) is 9.53 Å². The third kappa shape index (κ3) is 3.19. The van der Waals surface area contributed by atoms with E-state index in [1.54, 1.807) is 0 Å². The highest BCUT2D eigenvalue weighted by atomic mass is 16.5. The number of esters is 1. The van der Waals surface area contributed by atoms with Crippen molar-refractivity contribution in [3.8, 4) is 0 Å². The number of ether oxygens (including phenoxy) is 1. The molecule has 2 saturated heterocycles. The molecular formula is C13H23NO3. The summed E-state index contributed by atoms with van der Waals surface area (Å²) in [6.45, 7) is 3.36. The Morgan fingerprint density at radius 2 is 2.24 bits per heavy atom. The lowest BCUT2D eigenvalue weighted by Crippen LogP contribution is -2.46. The highest BCUT2D eigenvalue weighted by Gasteiger charge is 2.36. The number of carbonyl (C=O) groups excluding carboxylic acids is 1. The fourth-order valence-electron chi connectivity index (χ4n) is 3.04. The minimum absolute atomic E-state index is 0.0585. The average Bonchev–Trinajstić information content (AvgIpc) is 2.56. The molecule has 4 heteroatoms. The Hall–Kier alpha value is -0.610. The molecule has 0 saturated carbocycles. The Balaban J connectivity index is 2.05. The number of hydrogen-bond donors (Lipinski definition) is 1. The quantitative estimate of drug-likeness (QED) is 0.757. The lowest BCUT2D eigenvalue weighted by atomic mass is 10.0. The summed E-state index contributed by atoms with van der Waals surface area (Å²) in [5.74, 6) is -0.0671. The Bertz CT molecular complexity index is 267. The molecule has 0 aliphatic carbocycles. The van der Waals surface area contributed by atoms with Gasteiger partial charge in [0.2, 0.25) is 0 Å². The van der Waals surface area contributed by atoms with Gasteiger partial charge in [0.15, 0.2) is 0 Å². The highest BCUT2D eigenvalue weighted by molar-refractivity contribution is 5.77. The Morgan fingerprint density at radius 3 is 2.88 bits per heavy atom. The number of carbonyl (C=O) groups is 1. The van der Waals surface area contributed by atoms with Gasteiger partial charge in [-0.2, -0.15) is 0 Å². The van der Waals surface area contributed by atoms with E-state index in [4.69, 9.17) is 4.74 Å². The molecule has 0 bridgehead atoms. The van der Waals surface area contributed by atoms with Crippen LogP contribution in [0.1, 0.15) is 45.4 Å². The van der Waals surface area contributed by atoms with Crippen LogP contribution in [0.4, 0.5) is 0 Å². The molecule has 4 nitrogen and oxygen atoms in total. The molecule has 0 spiro atoms. The van der Waals surface area contributed by atoms with Crippen molar-refractivity contribution in [1.29, 1.82) is 0 Å². The van der Waals surface area contributed by atoms with E-state index in [1.807, 2.05) is 6.92 Å². The lowest BCUT2D eigenvalue weighted by molar-refractivity contribution is -0.143. The maximum atomic E-state index is 11.7. The number of hydrogen-bond acceptors (Lipinski definition) is 4. The zero-order chi connectivity index (χ0) is 12.3. The number of aliphatic hydroxyl groups excluding tert-OH is 1. The molecule has 0 amide bonds. The SMILES string of the molecule is CC(O)CC1CCCCCN1C1CCOC1=O. The van der Waals surface area contributed by atoms with E-state index < -0.39 is 0 Å². The molecule has 3 unspecified atom stereocenters. The second kappa shape index (κ2) is 5.83. The van der Waals surface area contributed by atoms with Crippen LogP contribution in [0.5, 0.6) is 0 Å². The molecule has 3 atom stereocenters. The standard InChI is InChI=1S/C13H23NO3/c1-10(15)9-11-5-3-2-4-7-14(11)12-6-8-17-13(12)16/h10-12,15H,2-9H2,1H3. The van der Waals surface area contributed by atoms with Crippen LogP contribution in [0, 0.1) is 0 Å². The van der Waals surface area contributed by atoms with Crippen molar-refractivity contribution in [1.82, 2.24) is 4.90 Å². The van der Waals surface area contributed by atoms with Crippen LogP contribution in [0.3, 0.4) is 0 Å². The molecule has 0 aromatic rings. The third-order valence-electron chi connectivity index (χ3n) is 3.84. The fourth-order valence-corrected chi connectivity index (χ4v) is 3.04. The second-order valence-electron chi connectivity index (χ2n) is 5.30. The van der Waals surface area contributed by atoms with Crippen LogP contribution in [0.2, 0.25) is 0 Å². The zero-order valence-corrected chi connectivity index (χ0v) is 10.6. The summed E-state index contributed by atoms with van der Waals surface area (Å²) >= 11 is 0. The number of rotatable bonds is 3. The van der Waals surface area contributed by atoms with Crippen molar-refractivity contribution >= 4 is 5.97 Å². The predicted molar refractivity (Wildman–Crippen MR) is 64.6 cm³/mol. The molecule has 2 heterocycles. The van der Waals surface area contributed by atoms with Gasteiger partial charge in [-0.15, -0.1) is 0 Å². The van der Waals surface area contributed by atoms with Crippen molar-refractivity contribution in [2.75, 3.05) is 13.2 Å². The van der Waals surface area contributed by atoms with Gasteiger partial charge < -0.3 is 9.84 Å². The van der Waals surface area contributed by atoms with Crippen molar-refractivity contribution in [2.24, 2.45) is 0 Å². The predicted octanol–water partition coefficient (Wildman–Crippen LogP) is 1.32. The average molecular weight is 241 g/mol. The van der Waals surface area contributed by atoms with Crippen LogP contribution in [0.25, 0.3) is 0 Å². The summed E-state index contributed by atoms with van der Waals surface area (Å²) in [4.78, 5) is 14.0. The summed E-state index contributed by atoms with van der Waals surface area (Å²) in [5.41, 5.74) is 0. The molecule has 0 radical (unpaired) electrons. The molecule has 2 fully saturated rings. The fraction of sp³-hybridized carbons (Fsp3) is 0.923. The normalized spacial score (nSPS) is 33.2. The highest BCUT2D eigenvalue weighted by Crippen LogP contribution is 2.26. The number of aliphatic hydroxyl groups is 1. The van der Waals surface area contributed by atoms with Gasteiger partial charge in [-0.05, 0) is 32.7 Å². The largest absolute Gasteiger partial charge is 0.464 e. The molecule has 17 heavy (non-hydrogen) atoms. The van der Waals surface area contributed by atoms with Crippen molar-refractivity contribution in [2.45, 2.75) is 63.6 Å². The van der Waals surface area contributed by atoms with E-state index in [0.717, 1.165) is 32.2 Å². The summed E-state index contributed by atoms with van der Waals surface area (Å²) < 4.78 is 5.07. The van der Waals surface area contributed by atoms with E-state index >= 15 is 0 Å². The first-order valence-electron chi connectivity index (χ1n) is 6.79. The van der Waals surface area contributed by atoms with Crippen LogP contribution >= 0.6 is 0 Å². The zero-order valence-electron chi connectivity index (χ0n) is 10.6. The topological polar surface area (TPSA) is 49.8 Å². The molecule has 2 rings (SSSR count). The summed E-state index contributed by atoms with van der Waals surface area (Å²) in [5, 5.41) is 9.58. The number of cyclic esters (lactones) is 1. The van der Waals surface area contributed by atoms with E-state index in [1.165, 1.54) is 12.8 Å². The minimum Gasteiger partial charge on any atom is -0.464 e. The van der Waals surface area contributed by atoms with Gasteiger partial charge in [-0.3, -0.25) is 9.69 Å². The van der Waals surface area contributed by atoms with Gasteiger partial charge in [0.1, 0.15) is 6.04 Å². The van der Waals surface area contributed by atoms with E-state index in [-0.39, 0.29) is 18.1 Å². The first-order valence-corrected chi connectivity index (χ1v) is 6.79. The Kier molecular flexibility index (Phi) is 4.40. The number of likely N-dealkylation sites (tertiary alicyclic amines) is 1. The van der Waals surface area contributed by atoms with Gasteiger partial charge in [0.05, 0.1) is 12.7 Å². The molecule has 1 N–H and O–H groups in total. The van der Waals surface area contributed by atoms with Gasteiger partial charge in [0.25, 0.3) is 0 Å². The van der Waals surface area contributed by atoms with Crippen molar-refractivity contribution < 1.29 is 14.6 Å². The van der Waals surface area contributed by atoms with E-state index in [0.29, 0.717) is 12.6 Å². The smallest absolute Gasteiger partial charge is 0.323 e. The van der Waals surface area contributed by atoms with E-state index in [2.05, 4.69) is 4.90 Å². The molecule has 0 aromatic heterocycles. The van der Waals surface area contributed by atoms with Gasteiger partial charge >= 0.3 is 5.97 Å². The first kappa shape index (κ1) is 12.8.